The van der Waals surface area contributed by atoms with E-state index in [1.807, 2.05) is 18.2 Å². The number of benzene rings is 1. The van der Waals surface area contributed by atoms with Crippen molar-refractivity contribution in [2.24, 2.45) is 0 Å². The fraction of sp³-hybridized carbons (Fsp3) is 0.158. The van der Waals surface area contributed by atoms with Gasteiger partial charge in [-0.05, 0) is 35.7 Å². The molecule has 0 radical (unpaired) electrons. The van der Waals surface area contributed by atoms with Crippen LogP contribution in [0.5, 0.6) is 0 Å². The quantitative estimate of drug-likeness (QED) is 0.477. The van der Waals surface area contributed by atoms with Gasteiger partial charge in [0.25, 0.3) is 0 Å². The fourth-order valence-electron chi connectivity index (χ4n) is 2.81. The first-order valence-corrected chi connectivity index (χ1v) is 8.50. The summed E-state index contributed by atoms with van der Waals surface area (Å²) < 4.78 is 0. The number of hydrogen-bond donors (Lipinski definition) is 3. The fourth-order valence-corrected chi connectivity index (χ4v) is 2.81. The number of para-hydroxylation sites is 1. The lowest BCUT2D eigenvalue weighted by molar-refractivity contribution is 0.929. The summed E-state index contributed by atoms with van der Waals surface area (Å²) in [5.74, 6) is 1.20. The number of pyridine rings is 1. The van der Waals surface area contributed by atoms with Gasteiger partial charge in [-0.15, -0.1) is 5.10 Å². The van der Waals surface area contributed by atoms with Crippen molar-refractivity contribution >= 4 is 22.7 Å². The highest BCUT2D eigenvalue weighted by molar-refractivity contribution is 5.83. The third-order valence-corrected chi connectivity index (χ3v) is 4.13. The molecule has 4 aromatic rings. The van der Waals surface area contributed by atoms with E-state index in [9.17, 15) is 0 Å². The zero-order valence-corrected chi connectivity index (χ0v) is 14.2. The maximum atomic E-state index is 4.45. The molecule has 0 bridgehead atoms. The van der Waals surface area contributed by atoms with Gasteiger partial charge in [0.2, 0.25) is 5.95 Å². The molecule has 3 aromatic heterocycles. The van der Waals surface area contributed by atoms with E-state index < -0.39 is 0 Å². The number of anilines is 2. The summed E-state index contributed by atoms with van der Waals surface area (Å²) in [6.07, 6.45) is 8.12. The van der Waals surface area contributed by atoms with Crippen LogP contribution in [-0.4, -0.2) is 31.7 Å². The van der Waals surface area contributed by atoms with E-state index in [0.29, 0.717) is 18.3 Å². The van der Waals surface area contributed by atoms with Crippen LogP contribution < -0.4 is 10.6 Å². The number of aromatic nitrogens is 5. The monoisotopic (exact) mass is 345 g/mol. The van der Waals surface area contributed by atoms with Crippen LogP contribution in [0.2, 0.25) is 0 Å². The lowest BCUT2D eigenvalue weighted by Crippen LogP contribution is -2.10. The smallest absolute Gasteiger partial charge is 0.244 e. The second-order valence-electron chi connectivity index (χ2n) is 5.91. The van der Waals surface area contributed by atoms with Gasteiger partial charge in [0, 0.05) is 42.6 Å². The molecule has 0 saturated heterocycles. The molecule has 26 heavy (non-hydrogen) atoms. The van der Waals surface area contributed by atoms with Crippen molar-refractivity contribution < 1.29 is 0 Å². The van der Waals surface area contributed by atoms with Gasteiger partial charge < -0.3 is 15.6 Å². The minimum absolute atomic E-state index is 0.499. The molecule has 3 N–H and O–H groups in total. The largest absolute Gasteiger partial charge is 0.368 e. The average molecular weight is 345 g/mol. The van der Waals surface area contributed by atoms with Gasteiger partial charge in [-0.25, -0.2) is 0 Å². The van der Waals surface area contributed by atoms with Crippen LogP contribution in [0.3, 0.4) is 0 Å². The van der Waals surface area contributed by atoms with E-state index in [1.54, 1.807) is 18.6 Å². The van der Waals surface area contributed by atoms with Crippen LogP contribution in [-0.2, 0) is 13.0 Å². The Morgan fingerprint density at radius 2 is 1.88 bits per heavy atom. The summed E-state index contributed by atoms with van der Waals surface area (Å²) in [7, 11) is 0. The molecule has 1 aromatic carbocycles. The molecule has 0 aliphatic heterocycles. The van der Waals surface area contributed by atoms with Crippen molar-refractivity contribution in [1.29, 1.82) is 0 Å². The molecule has 0 aliphatic carbocycles. The van der Waals surface area contributed by atoms with Crippen molar-refractivity contribution in [3.8, 4) is 0 Å². The first-order chi connectivity index (χ1) is 12.9. The minimum Gasteiger partial charge on any atom is -0.368 e. The maximum Gasteiger partial charge on any atom is 0.244 e. The van der Waals surface area contributed by atoms with Crippen molar-refractivity contribution in [1.82, 2.24) is 25.1 Å². The van der Waals surface area contributed by atoms with Gasteiger partial charge in [0.1, 0.15) is 0 Å². The normalized spacial score (nSPS) is 10.8. The molecule has 0 amide bonds. The van der Waals surface area contributed by atoms with Gasteiger partial charge in [0.05, 0.1) is 6.20 Å². The summed E-state index contributed by atoms with van der Waals surface area (Å²) in [4.78, 5) is 11.8. The van der Waals surface area contributed by atoms with E-state index in [-0.39, 0.29) is 0 Å². The number of H-pyrrole nitrogens is 1. The Labute approximate surface area is 150 Å². The van der Waals surface area contributed by atoms with Crippen LogP contribution in [0.25, 0.3) is 10.9 Å². The molecule has 7 nitrogen and oxygen atoms in total. The number of aromatic amines is 1. The number of nitrogens with zero attached hydrogens (tertiary/aromatic N) is 4. The summed E-state index contributed by atoms with van der Waals surface area (Å²) in [5, 5.41) is 15.8. The Balaban J connectivity index is 1.33. The van der Waals surface area contributed by atoms with Crippen LogP contribution in [0, 0.1) is 0 Å². The minimum atomic E-state index is 0.499. The van der Waals surface area contributed by atoms with Crippen LogP contribution in [0.15, 0.2) is 61.2 Å². The highest BCUT2D eigenvalue weighted by Crippen LogP contribution is 2.18. The average Bonchev–Trinajstić information content (AvgIpc) is 3.11. The Morgan fingerprint density at radius 1 is 1.00 bits per heavy atom. The van der Waals surface area contributed by atoms with E-state index in [2.05, 4.69) is 60.2 Å². The van der Waals surface area contributed by atoms with Crippen molar-refractivity contribution in [2.75, 3.05) is 17.2 Å². The van der Waals surface area contributed by atoms with Gasteiger partial charge in [-0.3, -0.25) is 4.98 Å². The summed E-state index contributed by atoms with van der Waals surface area (Å²) >= 11 is 0. The molecule has 130 valence electrons. The second kappa shape index (κ2) is 7.60. The number of fused-ring (bicyclic) bond motifs is 1. The van der Waals surface area contributed by atoms with Crippen molar-refractivity contribution in [3.05, 3.63) is 72.3 Å². The summed E-state index contributed by atoms with van der Waals surface area (Å²) in [6.45, 7) is 1.40. The summed E-state index contributed by atoms with van der Waals surface area (Å²) in [6, 6.07) is 12.2. The van der Waals surface area contributed by atoms with E-state index in [4.69, 9.17) is 0 Å². The first-order valence-electron chi connectivity index (χ1n) is 8.50. The number of rotatable bonds is 7. The van der Waals surface area contributed by atoms with E-state index in [1.165, 1.54) is 10.9 Å². The molecule has 0 unspecified atom stereocenters. The Hall–Kier alpha value is -3.48. The molecular weight excluding hydrogens is 326 g/mol. The highest BCUT2D eigenvalue weighted by Gasteiger charge is 2.04. The Kier molecular flexibility index (Phi) is 4.68. The topological polar surface area (TPSA) is 91.4 Å². The van der Waals surface area contributed by atoms with Gasteiger partial charge >= 0.3 is 0 Å². The third-order valence-electron chi connectivity index (χ3n) is 4.13. The molecule has 0 atom stereocenters. The molecule has 0 aliphatic rings. The molecule has 0 fully saturated rings. The maximum absolute atomic E-state index is 4.45. The van der Waals surface area contributed by atoms with Gasteiger partial charge in [-0.2, -0.15) is 10.1 Å². The van der Waals surface area contributed by atoms with Gasteiger partial charge in [0.15, 0.2) is 5.82 Å². The van der Waals surface area contributed by atoms with Crippen molar-refractivity contribution in [2.45, 2.75) is 13.0 Å². The molecule has 3 heterocycles. The Morgan fingerprint density at radius 3 is 2.81 bits per heavy atom. The molecule has 7 heteroatoms. The second-order valence-corrected chi connectivity index (χ2v) is 5.91. The SMILES string of the molecule is c1ccc2c(CCNc3cnnc(NCc4ccncc4)n3)c[nH]c2c1. The summed E-state index contributed by atoms with van der Waals surface area (Å²) in [5.41, 5.74) is 3.56. The highest BCUT2D eigenvalue weighted by atomic mass is 15.3. The standard InChI is InChI=1S/C19H19N7/c1-2-4-17-16(3-1)15(12-22-17)7-10-21-18-13-24-26-19(25-18)23-11-14-5-8-20-9-6-14/h1-6,8-9,12-13,22H,7,10-11H2,(H2,21,23,25,26). The number of hydrogen-bond acceptors (Lipinski definition) is 6. The van der Waals surface area contributed by atoms with E-state index in [0.717, 1.165) is 24.0 Å². The number of nitrogens with one attached hydrogen (secondary N) is 3. The molecule has 4 rings (SSSR count). The zero-order valence-electron chi connectivity index (χ0n) is 14.2. The molecular formula is C19H19N7. The third kappa shape index (κ3) is 3.77. The van der Waals surface area contributed by atoms with Gasteiger partial charge in [-0.1, -0.05) is 18.2 Å². The van der Waals surface area contributed by atoms with E-state index >= 15 is 0 Å². The van der Waals surface area contributed by atoms with Crippen LogP contribution in [0.4, 0.5) is 11.8 Å². The molecule has 0 saturated carbocycles. The molecule has 0 spiro atoms. The predicted molar refractivity (Wildman–Crippen MR) is 102 cm³/mol. The lowest BCUT2D eigenvalue weighted by atomic mass is 10.1. The van der Waals surface area contributed by atoms with Crippen LogP contribution >= 0.6 is 0 Å². The predicted octanol–water partition coefficient (Wildman–Crippen LogP) is 3.01. The van der Waals surface area contributed by atoms with Crippen molar-refractivity contribution in [3.63, 3.8) is 0 Å². The van der Waals surface area contributed by atoms with Crippen LogP contribution in [0.1, 0.15) is 11.1 Å². The lowest BCUT2D eigenvalue weighted by Gasteiger charge is -2.07. The first kappa shape index (κ1) is 16.0. The Bertz CT molecular complexity index is 981. The zero-order chi connectivity index (χ0) is 17.6.